The maximum atomic E-state index is 12.5. The molecule has 12 nitrogen and oxygen atoms in total. The van der Waals surface area contributed by atoms with Crippen molar-refractivity contribution in [2.45, 2.75) is 0 Å². The highest BCUT2D eigenvalue weighted by molar-refractivity contribution is 7.71. The van der Waals surface area contributed by atoms with Crippen molar-refractivity contribution in [3.05, 3.63) is 71.9 Å². The van der Waals surface area contributed by atoms with Gasteiger partial charge in [0.15, 0.2) is 15.9 Å². The SMILES string of the molecule is Cn1c(=O)c2c(nc(NN=Cc3c(O)n(-c4ccccc4)c(=S)[nH]c3=O)n2C)n(C)c1=O. The molecule has 3 N–H and O–H groups in total. The molecule has 0 atom stereocenters. The molecule has 0 spiro atoms. The number of rotatable bonds is 4. The summed E-state index contributed by atoms with van der Waals surface area (Å²) in [7, 11) is 4.46. The van der Waals surface area contributed by atoms with Crippen molar-refractivity contribution in [3.63, 3.8) is 0 Å². The van der Waals surface area contributed by atoms with Gasteiger partial charge in [0.2, 0.25) is 11.8 Å². The maximum absolute atomic E-state index is 12.5. The van der Waals surface area contributed by atoms with Crippen LogP contribution in [0.4, 0.5) is 5.95 Å². The molecule has 0 aliphatic rings. The van der Waals surface area contributed by atoms with Crippen molar-refractivity contribution in [1.82, 2.24) is 28.2 Å². The van der Waals surface area contributed by atoms with Gasteiger partial charge in [0, 0.05) is 21.1 Å². The van der Waals surface area contributed by atoms with E-state index in [1.54, 1.807) is 31.3 Å². The Hall–Kier alpha value is -4.26. The molecule has 0 saturated heterocycles. The number of hydrogen-bond acceptors (Lipinski definition) is 8. The molecule has 13 heteroatoms. The van der Waals surface area contributed by atoms with Crippen molar-refractivity contribution < 1.29 is 5.11 Å². The molecule has 0 unspecified atom stereocenters. The molecule has 164 valence electrons. The van der Waals surface area contributed by atoms with E-state index in [9.17, 15) is 19.5 Å². The Bertz CT molecular complexity index is 1620. The summed E-state index contributed by atoms with van der Waals surface area (Å²) in [6.45, 7) is 0. The molecule has 3 heterocycles. The van der Waals surface area contributed by atoms with Crippen LogP contribution in [0.5, 0.6) is 5.88 Å². The average Bonchev–Trinajstić information content (AvgIpc) is 3.10. The Balaban J connectivity index is 1.76. The zero-order valence-corrected chi connectivity index (χ0v) is 18.0. The first-order chi connectivity index (χ1) is 15.2. The van der Waals surface area contributed by atoms with Crippen LogP contribution in [0.2, 0.25) is 0 Å². The van der Waals surface area contributed by atoms with E-state index in [1.165, 1.54) is 27.8 Å². The van der Waals surface area contributed by atoms with Crippen LogP contribution in [0.15, 0.2) is 49.8 Å². The second kappa shape index (κ2) is 7.77. The zero-order valence-electron chi connectivity index (χ0n) is 17.2. The Morgan fingerprint density at radius 2 is 1.78 bits per heavy atom. The van der Waals surface area contributed by atoms with Crippen LogP contribution < -0.4 is 22.2 Å². The van der Waals surface area contributed by atoms with Gasteiger partial charge in [0.1, 0.15) is 5.56 Å². The summed E-state index contributed by atoms with van der Waals surface area (Å²) >= 11 is 5.17. The molecular formula is C19H18N8O4S. The topological polar surface area (TPSA) is 144 Å². The van der Waals surface area contributed by atoms with E-state index in [4.69, 9.17) is 12.2 Å². The summed E-state index contributed by atoms with van der Waals surface area (Å²) in [5.41, 5.74) is 1.77. The van der Waals surface area contributed by atoms with Crippen molar-refractivity contribution >= 4 is 35.5 Å². The lowest BCUT2D eigenvalue weighted by atomic mass is 10.3. The van der Waals surface area contributed by atoms with Crippen molar-refractivity contribution in [3.8, 4) is 11.6 Å². The van der Waals surface area contributed by atoms with Crippen LogP contribution in [0.1, 0.15) is 5.56 Å². The van der Waals surface area contributed by atoms with Gasteiger partial charge in [0.05, 0.1) is 11.9 Å². The number of aryl methyl sites for hydroxylation is 2. The average molecular weight is 454 g/mol. The Morgan fingerprint density at radius 1 is 1.09 bits per heavy atom. The van der Waals surface area contributed by atoms with Crippen molar-refractivity contribution in [1.29, 1.82) is 0 Å². The normalized spacial score (nSPS) is 11.5. The van der Waals surface area contributed by atoms with E-state index in [1.807, 2.05) is 6.07 Å². The van der Waals surface area contributed by atoms with E-state index < -0.39 is 22.7 Å². The number of hydrazone groups is 1. The van der Waals surface area contributed by atoms with E-state index in [0.717, 1.165) is 10.8 Å². The van der Waals surface area contributed by atoms with Gasteiger partial charge in [-0.25, -0.2) is 10.2 Å². The van der Waals surface area contributed by atoms with Crippen LogP contribution in [0.3, 0.4) is 0 Å². The Morgan fingerprint density at radius 3 is 2.47 bits per heavy atom. The lowest BCUT2D eigenvalue weighted by Gasteiger charge is -2.10. The molecule has 0 fully saturated rings. The van der Waals surface area contributed by atoms with Gasteiger partial charge in [0.25, 0.3) is 11.1 Å². The van der Waals surface area contributed by atoms with Crippen LogP contribution in [0.25, 0.3) is 16.9 Å². The predicted octanol–water partition coefficient (Wildman–Crippen LogP) is 0.331. The fraction of sp³-hybridized carbons (Fsp3) is 0.158. The number of H-pyrrole nitrogens is 1. The lowest BCUT2D eigenvalue weighted by Crippen LogP contribution is -2.37. The molecule has 0 saturated carbocycles. The van der Waals surface area contributed by atoms with Crippen molar-refractivity contribution in [2.24, 2.45) is 26.2 Å². The minimum absolute atomic E-state index is 0.0240. The summed E-state index contributed by atoms with van der Waals surface area (Å²) in [6, 6.07) is 8.77. The number of nitrogens with one attached hydrogen (secondary N) is 2. The highest BCUT2D eigenvalue weighted by Gasteiger charge is 2.17. The van der Waals surface area contributed by atoms with Gasteiger partial charge in [-0.15, -0.1) is 0 Å². The number of benzene rings is 1. The predicted molar refractivity (Wildman–Crippen MR) is 121 cm³/mol. The Labute approximate surface area is 184 Å². The van der Waals surface area contributed by atoms with E-state index >= 15 is 0 Å². The second-order valence-electron chi connectivity index (χ2n) is 6.91. The first-order valence-corrected chi connectivity index (χ1v) is 9.68. The minimum Gasteiger partial charge on any atom is -0.494 e. The molecule has 0 radical (unpaired) electrons. The van der Waals surface area contributed by atoms with Gasteiger partial charge in [-0.2, -0.15) is 10.1 Å². The fourth-order valence-electron chi connectivity index (χ4n) is 3.24. The molecular weight excluding hydrogens is 436 g/mol. The molecule has 0 bridgehead atoms. The quantitative estimate of drug-likeness (QED) is 0.229. The third-order valence-electron chi connectivity index (χ3n) is 4.97. The maximum Gasteiger partial charge on any atom is 0.332 e. The fourth-order valence-corrected chi connectivity index (χ4v) is 3.53. The van der Waals surface area contributed by atoms with Gasteiger partial charge >= 0.3 is 5.69 Å². The molecule has 1 aromatic carbocycles. The summed E-state index contributed by atoms with van der Waals surface area (Å²) in [6.07, 6.45) is 1.11. The summed E-state index contributed by atoms with van der Waals surface area (Å²) < 4.78 is 4.98. The second-order valence-corrected chi connectivity index (χ2v) is 7.30. The molecule has 0 aliphatic carbocycles. The molecule has 32 heavy (non-hydrogen) atoms. The molecule has 0 amide bonds. The number of hydrogen-bond donors (Lipinski definition) is 3. The monoisotopic (exact) mass is 454 g/mol. The van der Waals surface area contributed by atoms with E-state index in [0.29, 0.717) is 5.69 Å². The Kier molecular flexibility index (Phi) is 5.10. The summed E-state index contributed by atoms with van der Waals surface area (Å²) in [5.74, 6) is -0.238. The number of para-hydroxylation sites is 1. The number of aromatic amines is 1. The van der Waals surface area contributed by atoms with Crippen LogP contribution in [-0.4, -0.2) is 39.6 Å². The first kappa shape index (κ1) is 21.0. The smallest absolute Gasteiger partial charge is 0.332 e. The lowest BCUT2D eigenvalue weighted by molar-refractivity contribution is 0.432. The number of fused-ring (bicyclic) bond motifs is 1. The number of anilines is 1. The number of aromatic nitrogens is 6. The number of aromatic hydroxyl groups is 1. The van der Waals surface area contributed by atoms with Crippen LogP contribution in [0, 0.1) is 4.77 Å². The van der Waals surface area contributed by atoms with E-state index in [2.05, 4.69) is 20.5 Å². The standard InChI is InChI=1S/C19H18N8O4S/c1-24-12-13(25(2)19(31)26(3)16(12)30)21-17(24)23-20-9-11-14(28)22-18(32)27(15(11)29)10-7-5-4-6-8-10/h4-9,29H,1-3H3,(H,21,23)(H,22,28,32). The van der Waals surface area contributed by atoms with Gasteiger partial charge in [-0.3, -0.25) is 28.3 Å². The van der Waals surface area contributed by atoms with Crippen LogP contribution in [-0.2, 0) is 21.1 Å². The summed E-state index contributed by atoms with van der Waals surface area (Å²) in [4.78, 5) is 43.7. The first-order valence-electron chi connectivity index (χ1n) is 9.27. The van der Waals surface area contributed by atoms with Crippen molar-refractivity contribution in [2.75, 3.05) is 5.43 Å². The third-order valence-corrected chi connectivity index (χ3v) is 5.25. The highest BCUT2D eigenvalue weighted by atomic mass is 32.1. The number of imidazole rings is 1. The van der Waals surface area contributed by atoms with Gasteiger partial charge in [-0.1, -0.05) is 18.2 Å². The van der Waals surface area contributed by atoms with Gasteiger partial charge in [-0.05, 0) is 24.4 Å². The highest BCUT2D eigenvalue weighted by Crippen LogP contribution is 2.18. The zero-order chi connectivity index (χ0) is 23.2. The largest absolute Gasteiger partial charge is 0.494 e. The molecule has 3 aromatic heterocycles. The van der Waals surface area contributed by atoms with Crippen LogP contribution >= 0.6 is 12.2 Å². The number of nitrogens with zero attached hydrogens (tertiary/aromatic N) is 6. The molecule has 0 aliphatic heterocycles. The van der Waals surface area contributed by atoms with Gasteiger partial charge < -0.3 is 9.67 Å². The van der Waals surface area contributed by atoms with E-state index in [-0.39, 0.29) is 27.4 Å². The minimum atomic E-state index is -0.633. The molecule has 4 aromatic rings. The summed E-state index contributed by atoms with van der Waals surface area (Å²) in [5, 5.41) is 14.6. The third kappa shape index (κ3) is 3.24. The molecule has 4 rings (SSSR count).